The highest BCUT2D eigenvalue weighted by Gasteiger charge is 2.36. The summed E-state index contributed by atoms with van der Waals surface area (Å²) >= 11 is 0. The number of non-ortho nitro benzene ring substituents is 1. The second-order valence-electron chi connectivity index (χ2n) is 8.73. The number of halogens is 1. The lowest BCUT2D eigenvalue weighted by molar-refractivity contribution is -0.384. The van der Waals surface area contributed by atoms with Gasteiger partial charge in [0.05, 0.1) is 23.0 Å². The lowest BCUT2D eigenvalue weighted by Crippen LogP contribution is -2.45. The molecule has 0 fully saturated rings. The second-order valence-corrected chi connectivity index (χ2v) is 10.6. The third kappa shape index (κ3) is 5.36. The van der Waals surface area contributed by atoms with E-state index in [0.29, 0.717) is 30.2 Å². The van der Waals surface area contributed by atoms with E-state index < -0.39 is 32.8 Å². The van der Waals surface area contributed by atoms with Crippen LogP contribution in [0.2, 0.25) is 0 Å². The Morgan fingerprint density at radius 1 is 1.24 bits per heavy atom. The van der Waals surface area contributed by atoms with Crippen molar-refractivity contribution in [3.05, 3.63) is 69.7 Å². The molecule has 12 heteroatoms. The quantitative estimate of drug-likeness (QED) is 0.222. The Kier molecular flexibility index (Phi) is 7.90. The molecule has 0 N–H and O–H groups in total. The Morgan fingerprint density at radius 3 is 2.62 bits per heavy atom. The van der Waals surface area contributed by atoms with Gasteiger partial charge in [0.15, 0.2) is 0 Å². The molecular formula is C25H28FN3O7S. The van der Waals surface area contributed by atoms with Gasteiger partial charge in [0.2, 0.25) is 10.0 Å². The molecule has 0 unspecified atom stereocenters. The summed E-state index contributed by atoms with van der Waals surface area (Å²) in [6.07, 6.45) is 1.24. The number of aromatic nitrogens is 1. The van der Waals surface area contributed by atoms with E-state index >= 15 is 0 Å². The van der Waals surface area contributed by atoms with Crippen LogP contribution in [0.5, 0.6) is 0 Å². The first kappa shape index (κ1) is 26.7. The number of nitro groups is 1. The van der Waals surface area contributed by atoms with Crippen LogP contribution in [0.4, 0.5) is 10.1 Å². The van der Waals surface area contributed by atoms with Gasteiger partial charge < -0.3 is 14.0 Å². The first-order chi connectivity index (χ1) is 17.7. The third-order valence-electron chi connectivity index (χ3n) is 6.57. The highest BCUT2D eigenvalue weighted by Crippen LogP contribution is 2.36. The predicted molar refractivity (Wildman–Crippen MR) is 133 cm³/mol. The number of carbonyl (C=O) groups excluding carboxylic acids is 1. The maximum Gasteiger partial charge on any atom is 0.325 e. The van der Waals surface area contributed by atoms with Gasteiger partial charge >= 0.3 is 5.97 Å². The van der Waals surface area contributed by atoms with Gasteiger partial charge in [0.1, 0.15) is 12.4 Å². The molecule has 0 saturated heterocycles. The standard InChI is InChI=1S/C25H28FN3O7S/c1-3-36-25(30)16-27-23-10-4-17(26)14-21(23)22-15-19(7-11-24(22)27)28(12-13-35-2)37(33,34)20-8-5-18(6-9-20)29(31)32/h4-6,8-10,14,19H,3,7,11-13,15-16H2,1-2H3/t19-/m0/s1. The van der Waals surface area contributed by atoms with E-state index in [1.807, 2.05) is 4.57 Å². The predicted octanol–water partition coefficient (Wildman–Crippen LogP) is 3.45. The maximum atomic E-state index is 14.2. The summed E-state index contributed by atoms with van der Waals surface area (Å²) < 4.78 is 55.0. The van der Waals surface area contributed by atoms with Crippen LogP contribution < -0.4 is 0 Å². The Hall–Kier alpha value is -3.35. The Morgan fingerprint density at radius 2 is 1.97 bits per heavy atom. The molecule has 2 aromatic carbocycles. The highest BCUT2D eigenvalue weighted by molar-refractivity contribution is 7.89. The number of hydrogen-bond donors (Lipinski definition) is 0. The normalized spacial score (nSPS) is 15.6. The van der Waals surface area contributed by atoms with E-state index in [1.54, 1.807) is 13.0 Å². The first-order valence-corrected chi connectivity index (χ1v) is 13.3. The third-order valence-corrected chi connectivity index (χ3v) is 8.54. The van der Waals surface area contributed by atoms with Gasteiger partial charge in [0, 0.05) is 48.4 Å². The average molecular weight is 534 g/mol. The number of esters is 1. The number of nitro benzene ring substituents is 1. The van der Waals surface area contributed by atoms with Gasteiger partial charge in [-0.25, -0.2) is 12.8 Å². The van der Waals surface area contributed by atoms with Crippen LogP contribution >= 0.6 is 0 Å². The zero-order valence-corrected chi connectivity index (χ0v) is 21.4. The van der Waals surface area contributed by atoms with Crippen molar-refractivity contribution in [3.8, 4) is 0 Å². The molecule has 1 aromatic heterocycles. The fourth-order valence-corrected chi connectivity index (χ4v) is 6.56. The summed E-state index contributed by atoms with van der Waals surface area (Å²) in [5.74, 6) is -0.837. The molecule has 3 aromatic rings. The van der Waals surface area contributed by atoms with Crippen LogP contribution in [0.15, 0.2) is 47.4 Å². The molecule has 10 nitrogen and oxygen atoms in total. The van der Waals surface area contributed by atoms with Crippen LogP contribution in [0.3, 0.4) is 0 Å². The number of fused-ring (bicyclic) bond motifs is 3. The summed E-state index contributed by atoms with van der Waals surface area (Å²) in [5.41, 5.74) is 2.11. The van der Waals surface area contributed by atoms with Crippen molar-refractivity contribution in [2.75, 3.05) is 26.9 Å². The van der Waals surface area contributed by atoms with Gasteiger partial charge in [-0.3, -0.25) is 14.9 Å². The molecule has 1 aliphatic carbocycles. The zero-order chi connectivity index (χ0) is 26.7. The summed E-state index contributed by atoms with van der Waals surface area (Å²) in [4.78, 5) is 22.7. The number of hydrogen-bond acceptors (Lipinski definition) is 7. The lowest BCUT2D eigenvalue weighted by atomic mass is 9.91. The zero-order valence-electron chi connectivity index (χ0n) is 20.6. The smallest absolute Gasteiger partial charge is 0.325 e. The fraction of sp³-hybridized carbons (Fsp3) is 0.400. The highest BCUT2D eigenvalue weighted by atomic mass is 32.2. The molecule has 1 aliphatic rings. The van der Waals surface area contributed by atoms with Crippen molar-refractivity contribution >= 4 is 32.6 Å². The monoisotopic (exact) mass is 533 g/mol. The molecular weight excluding hydrogens is 505 g/mol. The second kappa shape index (κ2) is 11.0. The van der Waals surface area contributed by atoms with E-state index in [1.165, 1.54) is 35.7 Å². The van der Waals surface area contributed by atoms with E-state index in [-0.39, 0.29) is 36.9 Å². The summed E-state index contributed by atoms with van der Waals surface area (Å²) in [5, 5.41) is 11.6. The minimum atomic E-state index is -4.02. The van der Waals surface area contributed by atoms with Crippen LogP contribution in [-0.2, 0) is 43.7 Å². The van der Waals surface area contributed by atoms with Crippen LogP contribution in [0.25, 0.3) is 10.9 Å². The Labute approximate surface area is 213 Å². The number of methoxy groups -OCH3 is 1. The number of rotatable bonds is 10. The van der Waals surface area contributed by atoms with Crippen molar-refractivity contribution in [3.63, 3.8) is 0 Å². The number of ether oxygens (including phenoxy) is 2. The largest absolute Gasteiger partial charge is 0.465 e. The molecule has 0 spiro atoms. The molecule has 0 bridgehead atoms. The molecule has 198 valence electrons. The average Bonchev–Trinajstić information content (AvgIpc) is 3.16. The molecule has 37 heavy (non-hydrogen) atoms. The lowest BCUT2D eigenvalue weighted by Gasteiger charge is -2.34. The first-order valence-electron chi connectivity index (χ1n) is 11.9. The Bertz CT molecular complexity index is 1420. The van der Waals surface area contributed by atoms with Crippen molar-refractivity contribution in [2.24, 2.45) is 0 Å². The minimum absolute atomic E-state index is 0.0234. The Balaban J connectivity index is 1.73. The SMILES string of the molecule is CCOC(=O)Cn1c2c(c3cc(F)ccc31)C[C@@H](N(CCOC)S(=O)(=O)c1ccc([N+](=O)[O-])cc1)CC2. The van der Waals surface area contributed by atoms with E-state index in [4.69, 9.17) is 9.47 Å². The molecule has 0 radical (unpaired) electrons. The molecule has 0 amide bonds. The summed E-state index contributed by atoms with van der Waals surface area (Å²) in [7, 11) is -2.55. The van der Waals surface area contributed by atoms with E-state index in [9.17, 15) is 27.7 Å². The van der Waals surface area contributed by atoms with Crippen molar-refractivity contribution in [1.29, 1.82) is 0 Å². The summed E-state index contributed by atoms with van der Waals surface area (Å²) in [6, 6.07) is 8.66. The molecule has 1 atom stereocenters. The van der Waals surface area contributed by atoms with Crippen LogP contribution in [0.1, 0.15) is 24.6 Å². The molecule has 1 heterocycles. The van der Waals surface area contributed by atoms with Gasteiger partial charge in [0.25, 0.3) is 5.69 Å². The van der Waals surface area contributed by atoms with Gasteiger partial charge in [-0.2, -0.15) is 4.31 Å². The number of nitrogens with zero attached hydrogens (tertiary/aromatic N) is 3. The van der Waals surface area contributed by atoms with Crippen LogP contribution in [0, 0.1) is 15.9 Å². The topological polar surface area (TPSA) is 121 Å². The molecule has 0 aliphatic heterocycles. The van der Waals surface area contributed by atoms with E-state index in [0.717, 1.165) is 23.4 Å². The number of sulfonamides is 1. The fourth-order valence-electron chi connectivity index (χ4n) is 4.92. The van der Waals surface area contributed by atoms with Crippen molar-refractivity contribution in [2.45, 2.75) is 43.7 Å². The molecule has 0 saturated carbocycles. The summed E-state index contributed by atoms with van der Waals surface area (Å²) in [6.45, 7) is 2.16. The van der Waals surface area contributed by atoms with Gasteiger partial charge in [-0.1, -0.05) is 0 Å². The minimum Gasteiger partial charge on any atom is -0.465 e. The number of carbonyl (C=O) groups is 1. The number of benzene rings is 2. The van der Waals surface area contributed by atoms with E-state index in [2.05, 4.69) is 0 Å². The molecule has 4 rings (SSSR count). The maximum absolute atomic E-state index is 14.2. The van der Waals surface area contributed by atoms with Crippen molar-refractivity contribution in [1.82, 2.24) is 8.87 Å². The van der Waals surface area contributed by atoms with Crippen LogP contribution in [-0.4, -0.2) is 61.1 Å². The van der Waals surface area contributed by atoms with Gasteiger partial charge in [-0.15, -0.1) is 0 Å². The van der Waals surface area contributed by atoms with Gasteiger partial charge in [-0.05, 0) is 62.1 Å². The van der Waals surface area contributed by atoms with Crippen molar-refractivity contribution < 1.29 is 32.0 Å².